The summed E-state index contributed by atoms with van der Waals surface area (Å²) in [5, 5.41) is 7.30. The molecule has 1 N–H and O–H groups in total. The monoisotopic (exact) mass is 387 g/mol. The van der Waals surface area contributed by atoms with Gasteiger partial charge in [-0.2, -0.15) is 0 Å². The highest BCUT2D eigenvalue weighted by Gasteiger charge is 2.21. The second kappa shape index (κ2) is 9.98. The Labute approximate surface area is 166 Å². The van der Waals surface area contributed by atoms with Crippen LogP contribution in [-0.4, -0.2) is 67.9 Å². The molecular weight excluding hydrogens is 358 g/mol. The van der Waals surface area contributed by atoms with Gasteiger partial charge in [-0.15, -0.1) is 0 Å². The number of piperazine rings is 1. The Morgan fingerprint density at radius 1 is 1.18 bits per heavy atom. The minimum Gasteiger partial charge on any atom is -0.497 e. The minimum atomic E-state index is 0.514. The number of rotatable bonds is 7. The van der Waals surface area contributed by atoms with Crippen LogP contribution in [0.5, 0.6) is 11.5 Å². The summed E-state index contributed by atoms with van der Waals surface area (Å²) in [6, 6.07) is 7.78. The van der Waals surface area contributed by atoms with Crippen LogP contribution in [0.1, 0.15) is 18.2 Å². The predicted octanol–water partition coefficient (Wildman–Crippen LogP) is 1.98. The number of guanidine groups is 1. The lowest BCUT2D eigenvalue weighted by atomic mass is 10.1. The van der Waals surface area contributed by atoms with Crippen LogP contribution in [0.4, 0.5) is 0 Å². The number of nitrogens with zero attached hydrogens (tertiary/aromatic N) is 4. The number of ether oxygens (including phenoxy) is 2. The maximum absolute atomic E-state index is 5.51. The molecule has 8 nitrogen and oxygen atoms in total. The van der Waals surface area contributed by atoms with Crippen molar-refractivity contribution in [1.29, 1.82) is 0 Å². The predicted molar refractivity (Wildman–Crippen MR) is 108 cm³/mol. The van der Waals surface area contributed by atoms with E-state index in [0.717, 1.165) is 68.0 Å². The molecule has 0 bridgehead atoms. The average molecular weight is 387 g/mol. The third-order valence-corrected chi connectivity index (χ3v) is 4.77. The Bertz CT molecular complexity index is 755. The molecule has 1 aliphatic heterocycles. The van der Waals surface area contributed by atoms with Crippen molar-refractivity contribution in [1.82, 2.24) is 20.3 Å². The quantitative estimate of drug-likeness (QED) is 0.575. The number of nitrogens with one attached hydrogen (secondary N) is 1. The van der Waals surface area contributed by atoms with E-state index in [4.69, 9.17) is 19.0 Å². The molecule has 1 aliphatic rings. The smallest absolute Gasteiger partial charge is 0.194 e. The lowest BCUT2D eigenvalue weighted by Gasteiger charge is -2.36. The summed E-state index contributed by atoms with van der Waals surface area (Å²) in [4.78, 5) is 9.41. The van der Waals surface area contributed by atoms with E-state index in [0.29, 0.717) is 6.54 Å². The normalized spacial score (nSPS) is 15.5. The number of benzene rings is 1. The highest BCUT2D eigenvalue weighted by atomic mass is 16.5. The molecule has 0 amide bonds. The minimum absolute atomic E-state index is 0.514. The molecule has 0 saturated carbocycles. The second-order valence-corrected chi connectivity index (χ2v) is 6.60. The highest BCUT2D eigenvalue weighted by Crippen LogP contribution is 2.25. The van der Waals surface area contributed by atoms with Gasteiger partial charge in [0.2, 0.25) is 0 Å². The van der Waals surface area contributed by atoms with Gasteiger partial charge >= 0.3 is 0 Å². The van der Waals surface area contributed by atoms with E-state index in [9.17, 15) is 0 Å². The number of methoxy groups -OCH3 is 2. The standard InChI is InChI=1S/C20H29N5O3/c1-4-21-20(22-14-17-7-12-28-23-17)25-10-8-24(9-11-25)15-16-13-18(26-2)5-6-19(16)27-3/h5-7,12-13H,4,8-11,14-15H2,1-3H3,(H,21,22). The van der Waals surface area contributed by atoms with Gasteiger partial charge in [-0.05, 0) is 25.1 Å². The molecule has 0 aliphatic carbocycles. The van der Waals surface area contributed by atoms with Crippen molar-refractivity contribution < 1.29 is 14.0 Å². The van der Waals surface area contributed by atoms with Gasteiger partial charge < -0.3 is 24.2 Å². The van der Waals surface area contributed by atoms with Crippen molar-refractivity contribution in [2.45, 2.75) is 20.0 Å². The molecule has 2 aromatic rings. The van der Waals surface area contributed by atoms with E-state index in [1.165, 1.54) is 0 Å². The molecule has 0 atom stereocenters. The van der Waals surface area contributed by atoms with E-state index in [-0.39, 0.29) is 0 Å². The number of hydrogen-bond acceptors (Lipinski definition) is 6. The van der Waals surface area contributed by atoms with Gasteiger partial charge in [-0.25, -0.2) is 4.99 Å². The van der Waals surface area contributed by atoms with Gasteiger partial charge in [-0.3, -0.25) is 4.90 Å². The zero-order chi connectivity index (χ0) is 19.8. The number of aliphatic imine (C=N–C) groups is 1. The molecule has 1 aromatic heterocycles. The second-order valence-electron chi connectivity index (χ2n) is 6.60. The molecule has 2 heterocycles. The van der Waals surface area contributed by atoms with Gasteiger partial charge in [0.05, 0.1) is 20.8 Å². The zero-order valence-corrected chi connectivity index (χ0v) is 16.9. The SMILES string of the molecule is CCNC(=NCc1ccon1)N1CCN(Cc2cc(OC)ccc2OC)CC1. The third-order valence-electron chi connectivity index (χ3n) is 4.77. The molecule has 0 radical (unpaired) electrons. The van der Waals surface area contributed by atoms with Gasteiger partial charge in [0.15, 0.2) is 5.96 Å². The first kappa shape index (κ1) is 20.0. The van der Waals surface area contributed by atoms with Gasteiger partial charge in [0.1, 0.15) is 23.5 Å². The van der Waals surface area contributed by atoms with Crippen LogP contribution < -0.4 is 14.8 Å². The lowest BCUT2D eigenvalue weighted by Crippen LogP contribution is -2.52. The van der Waals surface area contributed by atoms with Crippen molar-refractivity contribution in [3.63, 3.8) is 0 Å². The molecular formula is C20H29N5O3. The molecule has 1 fully saturated rings. The van der Waals surface area contributed by atoms with Crippen LogP contribution in [0.2, 0.25) is 0 Å². The van der Waals surface area contributed by atoms with Crippen molar-refractivity contribution in [2.75, 3.05) is 46.9 Å². The van der Waals surface area contributed by atoms with Crippen LogP contribution >= 0.6 is 0 Å². The molecule has 0 unspecified atom stereocenters. The topological polar surface area (TPSA) is 75.4 Å². The van der Waals surface area contributed by atoms with Gasteiger partial charge in [-0.1, -0.05) is 5.16 Å². The molecule has 3 rings (SSSR count). The summed E-state index contributed by atoms with van der Waals surface area (Å²) in [7, 11) is 3.39. The van der Waals surface area contributed by atoms with Crippen LogP contribution in [0.15, 0.2) is 40.0 Å². The van der Waals surface area contributed by atoms with E-state index in [1.807, 2.05) is 18.2 Å². The summed E-state index contributed by atoms with van der Waals surface area (Å²) in [6.07, 6.45) is 1.57. The van der Waals surface area contributed by atoms with E-state index >= 15 is 0 Å². The Kier molecular flexibility index (Phi) is 7.13. The van der Waals surface area contributed by atoms with Crippen molar-refractivity contribution in [2.24, 2.45) is 4.99 Å². The van der Waals surface area contributed by atoms with E-state index < -0.39 is 0 Å². The Morgan fingerprint density at radius 2 is 2.00 bits per heavy atom. The summed E-state index contributed by atoms with van der Waals surface area (Å²) in [5.74, 6) is 2.67. The van der Waals surface area contributed by atoms with Gasteiger partial charge in [0.25, 0.3) is 0 Å². The molecule has 8 heteroatoms. The molecule has 0 spiro atoms. The fourth-order valence-corrected chi connectivity index (χ4v) is 3.26. The van der Waals surface area contributed by atoms with Crippen molar-refractivity contribution >= 4 is 5.96 Å². The lowest BCUT2D eigenvalue weighted by molar-refractivity contribution is 0.171. The van der Waals surface area contributed by atoms with E-state index in [1.54, 1.807) is 20.5 Å². The summed E-state index contributed by atoms with van der Waals surface area (Å²) >= 11 is 0. The molecule has 1 aromatic carbocycles. The third kappa shape index (κ3) is 5.16. The zero-order valence-electron chi connectivity index (χ0n) is 16.9. The maximum Gasteiger partial charge on any atom is 0.194 e. The Morgan fingerprint density at radius 3 is 2.64 bits per heavy atom. The van der Waals surface area contributed by atoms with Crippen molar-refractivity contribution in [3.8, 4) is 11.5 Å². The van der Waals surface area contributed by atoms with Crippen LogP contribution in [0.25, 0.3) is 0 Å². The van der Waals surface area contributed by atoms with E-state index in [2.05, 4.69) is 33.3 Å². The summed E-state index contributed by atoms with van der Waals surface area (Å²) in [5.41, 5.74) is 1.97. The average Bonchev–Trinajstić information content (AvgIpc) is 3.25. The number of hydrogen-bond donors (Lipinski definition) is 1. The Hall–Kier alpha value is -2.74. The molecule has 28 heavy (non-hydrogen) atoms. The maximum atomic E-state index is 5.51. The fourth-order valence-electron chi connectivity index (χ4n) is 3.26. The van der Waals surface area contributed by atoms with Crippen LogP contribution in [0, 0.1) is 0 Å². The summed E-state index contributed by atoms with van der Waals surface area (Å²) in [6.45, 7) is 7.99. The first-order valence-electron chi connectivity index (χ1n) is 9.59. The number of aromatic nitrogens is 1. The first-order valence-corrected chi connectivity index (χ1v) is 9.59. The van der Waals surface area contributed by atoms with Crippen molar-refractivity contribution in [3.05, 3.63) is 41.8 Å². The van der Waals surface area contributed by atoms with Crippen LogP contribution in [0.3, 0.4) is 0 Å². The summed E-state index contributed by atoms with van der Waals surface area (Å²) < 4.78 is 15.7. The first-order chi connectivity index (χ1) is 13.7. The van der Waals surface area contributed by atoms with Gasteiger partial charge in [0, 0.05) is 50.9 Å². The van der Waals surface area contributed by atoms with Crippen LogP contribution in [-0.2, 0) is 13.1 Å². The highest BCUT2D eigenvalue weighted by molar-refractivity contribution is 5.80. The molecule has 152 valence electrons. The fraction of sp³-hybridized carbons (Fsp3) is 0.500. The molecule has 1 saturated heterocycles. The Balaban J connectivity index is 1.59. The largest absolute Gasteiger partial charge is 0.497 e.